The zero-order valence-corrected chi connectivity index (χ0v) is 14.3. The van der Waals surface area contributed by atoms with Crippen LogP contribution in [0.25, 0.3) is 10.9 Å². The largest absolute Gasteiger partial charge is 0.452 e. The molecule has 0 saturated carbocycles. The molecule has 7 nitrogen and oxygen atoms in total. The maximum absolute atomic E-state index is 12.8. The molecule has 0 radical (unpaired) electrons. The molecule has 7 heteroatoms. The van der Waals surface area contributed by atoms with Crippen LogP contribution < -0.4 is 5.32 Å². The third kappa shape index (κ3) is 2.89. The van der Waals surface area contributed by atoms with Gasteiger partial charge in [0.05, 0.1) is 11.1 Å². The summed E-state index contributed by atoms with van der Waals surface area (Å²) in [6, 6.07) is 7.02. The molecule has 26 heavy (non-hydrogen) atoms. The van der Waals surface area contributed by atoms with Gasteiger partial charge in [0.25, 0.3) is 5.91 Å². The lowest BCUT2D eigenvalue weighted by atomic mass is 9.90. The van der Waals surface area contributed by atoms with Crippen molar-refractivity contribution in [3.05, 3.63) is 41.1 Å². The Morgan fingerprint density at radius 3 is 2.81 bits per heavy atom. The number of fused-ring (bicyclic) bond motifs is 2. The van der Waals surface area contributed by atoms with E-state index in [4.69, 9.17) is 9.72 Å². The van der Waals surface area contributed by atoms with Crippen molar-refractivity contribution in [2.24, 2.45) is 0 Å². The fourth-order valence-electron chi connectivity index (χ4n) is 3.59. The number of aryl methyl sites for hydroxylation is 1. The third-order valence-corrected chi connectivity index (χ3v) is 4.86. The molecular weight excluding hydrogens is 334 g/mol. The molecule has 0 unspecified atom stereocenters. The lowest BCUT2D eigenvalue weighted by Crippen LogP contribution is -2.37. The molecule has 1 saturated heterocycles. The number of amides is 3. The minimum Gasteiger partial charge on any atom is -0.452 e. The number of nitrogens with one attached hydrogen (secondary N) is 1. The zero-order chi connectivity index (χ0) is 18.1. The van der Waals surface area contributed by atoms with Crippen molar-refractivity contribution < 1.29 is 19.1 Å². The van der Waals surface area contributed by atoms with Crippen LogP contribution in [0.15, 0.2) is 24.3 Å². The van der Waals surface area contributed by atoms with Crippen LogP contribution in [-0.2, 0) is 22.4 Å². The van der Waals surface area contributed by atoms with E-state index < -0.39 is 24.5 Å². The monoisotopic (exact) mass is 353 g/mol. The van der Waals surface area contributed by atoms with Gasteiger partial charge < -0.3 is 10.1 Å². The van der Waals surface area contributed by atoms with Gasteiger partial charge in [-0.15, -0.1) is 0 Å². The Morgan fingerprint density at radius 1 is 1.19 bits per heavy atom. The van der Waals surface area contributed by atoms with Crippen molar-refractivity contribution >= 4 is 28.8 Å². The maximum Gasteiger partial charge on any atom is 0.339 e. The number of urea groups is 1. The highest BCUT2D eigenvalue weighted by atomic mass is 16.5. The number of esters is 1. The van der Waals surface area contributed by atoms with Gasteiger partial charge in [-0.2, -0.15) is 0 Å². The predicted octanol–water partition coefficient (Wildman–Crippen LogP) is 1.82. The van der Waals surface area contributed by atoms with Crippen LogP contribution in [0.2, 0.25) is 0 Å². The summed E-state index contributed by atoms with van der Waals surface area (Å²) < 4.78 is 5.29. The second-order valence-electron chi connectivity index (χ2n) is 6.49. The van der Waals surface area contributed by atoms with Crippen LogP contribution >= 0.6 is 0 Å². The molecule has 1 aliphatic heterocycles. The number of pyridine rings is 1. The number of para-hydroxylation sites is 1. The average Bonchev–Trinajstić information content (AvgIpc) is 3.10. The molecule has 1 fully saturated rings. The lowest BCUT2D eigenvalue weighted by molar-refractivity contribution is -0.130. The van der Waals surface area contributed by atoms with Crippen molar-refractivity contribution in [2.45, 2.75) is 25.7 Å². The van der Waals surface area contributed by atoms with Crippen molar-refractivity contribution in [1.29, 1.82) is 0 Å². The number of imide groups is 1. The van der Waals surface area contributed by atoms with E-state index in [2.05, 4.69) is 5.32 Å². The summed E-state index contributed by atoms with van der Waals surface area (Å²) in [6.45, 7) is 0.265. The summed E-state index contributed by atoms with van der Waals surface area (Å²) in [6.07, 6.45) is 3.67. The summed E-state index contributed by atoms with van der Waals surface area (Å²) >= 11 is 0. The molecule has 0 spiro atoms. The number of carbonyl (C=O) groups excluding carboxylic acids is 3. The average molecular weight is 353 g/mol. The number of hydrogen-bond donors (Lipinski definition) is 1. The molecule has 2 aromatic rings. The van der Waals surface area contributed by atoms with Gasteiger partial charge in [0.2, 0.25) is 0 Å². The van der Waals surface area contributed by atoms with Crippen molar-refractivity contribution in [3.8, 4) is 0 Å². The fourth-order valence-corrected chi connectivity index (χ4v) is 3.59. The van der Waals surface area contributed by atoms with Gasteiger partial charge in [-0.05, 0) is 37.3 Å². The van der Waals surface area contributed by atoms with E-state index in [1.165, 1.54) is 0 Å². The first-order chi connectivity index (χ1) is 12.6. The Bertz CT molecular complexity index is 909. The summed E-state index contributed by atoms with van der Waals surface area (Å²) in [7, 11) is 0. The number of benzene rings is 1. The van der Waals surface area contributed by atoms with Crippen molar-refractivity contribution in [2.75, 3.05) is 19.7 Å². The second-order valence-corrected chi connectivity index (χ2v) is 6.49. The van der Waals surface area contributed by atoms with E-state index in [0.717, 1.165) is 52.7 Å². The van der Waals surface area contributed by atoms with Crippen LogP contribution in [-0.4, -0.2) is 47.5 Å². The maximum atomic E-state index is 12.8. The van der Waals surface area contributed by atoms with Gasteiger partial charge in [0.15, 0.2) is 6.61 Å². The number of rotatable bonds is 3. The standard InChI is InChI=1S/C19H19N3O4/c23-16(22-10-9-20-19(22)25)11-26-18(24)17-12-5-1-3-7-14(12)21-15-8-4-2-6-13(15)17/h1,3,5,7H,2,4,6,8-11H2,(H,20,25). The number of hydrogen-bond acceptors (Lipinski definition) is 5. The Balaban J connectivity index is 1.62. The van der Waals surface area contributed by atoms with Crippen molar-refractivity contribution in [3.63, 3.8) is 0 Å². The minimum absolute atomic E-state index is 0.294. The molecule has 1 aliphatic carbocycles. The zero-order valence-electron chi connectivity index (χ0n) is 14.3. The molecule has 4 rings (SSSR count). The first-order valence-electron chi connectivity index (χ1n) is 8.81. The summed E-state index contributed by atoms with van der Waals surface area (Å²) in [5, 5.41) is 3.29. The van der Waals surface area contributed by atoms with E-state index in [9.17, 15) is 14.4 Å². The fraction of sp³-hybridized carbons (Fsp3) is 0.368. The summed E-state index contributed by atoms with van der Waals surface area (Å²) in [5.74, 6) is -1.05. The Morgan fingerprint density at radius 2 is 2.00 bits per heavy atom. The van der Waals surface area contributed by atoms with Gasteiger partial charge in [0.1, 0.15) is 0 Å². The van der Waals surface area contributed by atoms with E-state index in [1.54, 1.807) is 0 Å². The van der Waals surface area contributed by atoms with Gasteiger partial charge in [-0.25, -0.2) is 9.59 Å². The highest BCUT2D eigenvalue weighted by Crippen LogP contribution is 2.29. The first kappa shape index (κ1) is 16.5. The van der Waals surface area contributed by atoms with Crippen molar-refractivity contribution in [1.82, 2.24) is 15.2 Å². The summed E-state index contributed by atoms with van der Waals surface area (Å²) in [4.78, 5) is 42.2. The quantitative estimate of drug-likeness (QED) is 0.851. The minimum atomic E-state index is -0.533. The van der Waals surface area contributed by atoms with E-state index >= 15 is 0 Å². The molecule has 0 bridgehead atoms. The number of aromatic nitrogens is 1. The van der Waals surface area contributed by atoms with Crippen LogP contribution in [0.4, 0.5) is 4.79 Å². The molecule has 1 aromatic heterocycles. The van der Waals surface area contributed by atoms with E-state index in [0.29, 0.717) is 18.7 Å². The van der Waals surface area contributed by atoms with E-state index in [-0.39, 0.29) is 0 Å². The Labute approximate surface area is 150 Å². The highest BCUT2D eigenvalue weighted by Gasteiger charge is 2.28. The smallest absolute Gasteiger partial charge is 0.339 e. The topological polar surface area (TPSA) is 88.6 Å². The van der Waals surface area contributed by atoms with Gasteiger partial charge in [-0.1, -0.05) is 18.2 Å². The molecule has 1 aromatic carbocycles. The number of nitrogens with zero attached hydrogens (tertiary/aromatic N) is 2. The molecule has 1 N–H and O–H groups in total. The van der Waals surface area contributed by atoms with Crippen LogP contribution in [0, 0.1) is 0 Å². The molecular formula is C19H19N3O4. The normalized spacial score (nSPS) is 16.3. The molecule has 2 heterocycles. The summed E-state index contributed by atoms with van der Waals surface area (Å²) in [5.41, 5.74) is 3.12. The lowest BCUT2D eigenvalue weighted by Gasteiger charge is -2.20. The first-order valence-corrected chi connectivity index (χ1v) is 8.81. The molecule has 3 amide bonds. The second kappa shape index (κ2) is 6.74. The highest BCUT2D eigenvalue weighted by molar-refractivity contribution is 6.06. The van der Waals surface area contributed by atoms with Gasteiger partial charge >= 0.3 is 12.0 Å². The van der Waals surface area contributed by atoms with E-state index in [1.807, 2.05) is 24.3 Å². The van der Waals surface area contributed by atoms with Crippen LogP contribution in [0.3, 0.4) is 0 Å². The van der Waals surface area contributed by atoms with Crippen LogP contribution in [0.5, 0.6) is 0 Å². The van der Waals surface area contributed by atoms with Gasteiger partial charge in [-0.3, -0.25) is 14.7 Å². The van der Waals surface area contributed by atoms with Gasteiger partial charge in [0, 0.05) is 24.2 Å². The Kier molecular flexibility index (Phi) is 4.28. The molecule has 0 atom stereocenters. The molecule has 134 valence electrons. The Hall–Kier alpha value is -2.96. The SMILES string of the molecule is O=C(OCC(=O)N1CCNC1=O)c1c2c(nc3ccccc13)CCCC2. The molecule has 2 aliphatic rings. The predicted molar refractivity (Wildman–Crippen MR) is 93.8 cm³/mol. The van der Waals surface area contributed by atoms with Crippen LogP contribution in [0.1, 0.15) is 34.5 Å². The number of ether oxygens (including phenoxy) is 1. The number of carbonyl (C=O) groups is 3. The third-order valence-electron chi connectivity index (χ3n) is 4.86.